The fourth-order valence-electron chi connectivity index (χ4n) is 1.41. The number of aromatic nitrogens is 2. The van der Waals surface area contributed by atoms with Gasteiger partial charge < -0.3 is 10.5 Å². The van der Waals surface area contributed by atoms with Crippen molar-refractivity contribution in [2.45, 2.75) is 13.8 Å². The number of nitrogen functional groups attached to an aromatic ring is 1. The molecule has 0 aliphatic carbocycles. The Morgan fingerprint density at radius 2 is 1.76 bits per heavy atom. The fraction of sp³-hybridized carbons (Fsp3) is 0.167. The van der Waals surface area contributed by atoms with Crippen LogP contribution in [0.1, 0.15) is 11.1 Å². The zero-order chi connectivity index (χ0) is 12.4. The van der Waals surface area contributed by atoms with E-state index >= 15 is 0 Å². The first kappa shape index (κ1) is 12.1. The van der Waals surface area contributed by atoms with Crippen LogP contribution in [-0.2, 0) is 0 Å². The van der Waals surface area contributed by atoms with Crippen molar-refractivity contribution >= 4 is 28.3 Å². The lowest BCUT2D eigenvalue weighted by Gasteiger charge is -2.09. The number of benzene rings is 1. The van der Waals surface area contributed by atoms with Crippen LogP contribution in [-0.4, -0.2) is 9.97 Å². The molecular formula is C12H12IN3O. The van der Waals surface area contributed by atoms with Crippen LogP contribution in [0.3, 0.4) is 0 Å². The van der Waals surface area contributed by atoms with Crippen LogP contribution in [0.15, 0.2) is 24.5 Å². The van der Waals surface area contributed by atoms with Gasteiger partial charge in [-0.2, -0.15) is 0 Å². The standard InChI is InChI=1S/C12H12IN3O/c1-7-3-8(2)11(4-10(7)14)17-12-15-5-9(13)6-16-12/h3-6H,14H2,1-2H3. The van der Waals surface area contributed by atoms with Crippen LogP contribution < -0.4 is 10.5 Å². The van der Waals surface area contributed by atoms with Gasteiger partial charge in [0.25, 0.3) is 0 Å². The average molecular weight is 341 g/mol. The Morgan fingerprint density at radius 1 is 1.12 bits per heavy atom. The number of nitrogens with two attached hydrogens (primary N) is 1. The molecule has 0 saturated carbocycles. The third-order valence-corrected chi connectivity index (χ3v) is 2.92. The summed E-state index contributed by atoms with van der Waals surface area (Å²) in [6.45, 7) is 3.93. The number of nitrogens with zero attached hydrogens (tertiary/aromatic N) is 2. The maximum atomic E-state index is 5.85. The second kappa shape index (κ2) is 4.87. The molecule has 1 aromatic carbocycles. The van der Waals surface area contributed by atoms with Gasteiger partial charge in [-0.1, -0.05) is 6.07 Å². The number of anilines is 1. The van der Waals surface area contributed by atoms with Gasteiger partial charge in [-0.3, -0.25) is 0 Å². The minimum Gasteiger partial charge on any atom is -0.424 e. The molecule has 5 heteroatoms. The van der Waals surface area contributed by atoms with E-state index in [4.69, 9.17) is 10.5 Å². The summed E-state index contributed by atoms with van der Waals surface area (Å²) in [6.07, 6.45) is 3.41. The maximum Gasteiger partial charge on any atom is 0.321 e. The average Bonchev–Trinajstić information content (AvgIpc) is 2.29. The first-order valence-electron chi connectivity index (χ1n) is 5.08. The van der Waals surface area contributed by atoms with Crippen LogP contribution in [0.2, 0.25) is 0 Å². The van der Waals surface area contributed by atoms with E-state index in [1.54, 1.807) is 18.5 Å². The van der Waals surface area contributed by atoms with Crippen LogP contribution >= 0.6 is 22.6 Å². The van der Waals surface area contributed by atoms with E-state index in [0.29, 0.717) is 17.4 Å². The van der Waals surface area contributed by atoms with Crippen LogP contribution in [0.4, 0.5) is 5.69 Å². The summed E-state index contributed by atoms with van der Waals surface area (Å²) in [5, 5.41) is 0. The molecule has 88 valence electrons. The van der Waals surface area contributed by atoms with Crippen LogP contribution in [0.5, 0.6) is 11.8 Å². The number of ether oxygens (including phenoxy) is 1. The molecular weight excluding hydrogens is 329 g/mol. The Kier molecular flexibility index (Phi) is 3.46. The van der Waals surface area contributed by atoms with Gasteiger partial charge in [0.2, 0.25) is 0 Å². The predicted molar refractivity (Wildman–Crippen MR) is 75.2 cm³/mol. The van der Waals surface area contributed by atoms with Crippen LogP contribution in [0, 0.1) is 17.4 Å². The SMILES string of the molecule is Cc1cc(C)c(Oc2ncc(I)cn2)cc1N. The van der Waals surface area contributed by atoms with Gasteiger partial charge in [-0.05, 0) is 47.6 Å². The zero-order valence-corrected chi connectivity index (χ0v) is 11.7. The van der Waals surface area contributed by atoms with Gasteiger partial charge in [0.05, 0.1) is 0 Å². The van der Waals surface area contributed by atoms with E-state index < -0.39 is 0 Å². The maximum absolute atomic E-state index is 5.85. The van der Waals surface area contributed by atoms with Gasteiger partial charge in [0, 0.05) is 27.7 Å². The normalized spacial score (nSPS) is 10.3. The molecule has 0 bridgehead atoms. The van der Waals surface area contributed by atoms with E-state index in [9.17, 15) is 0 Å². The third kappa shape index (κ3) is 2.85. The quantitative estimate of drug-likeness (QED) is 0.674. The minimum absolute atomic E-state index is 0.330. The number of hydrogen-bond donors (Lipinski definition) is 1. The van der Waals surface area contributed by atoms with Crippen LogP contribution in [0.25, 0.3) is 0 Å². The summed E-state index contributed by atoms with van der Waals surface area (Å²) in [5.41, 5.74) is 8.60. The summed E-state index contributed by atoms with van der Waals surface area (Å²) >= 11 is 2.14. The molecule has 0 atom stereocenters. The molecule has 0 spiro atoms. The second-order valence-electron chi connectivity index (χ2n) is 3.76. The van der Waals surface area contributed by atoms with E-state index in [1.165, 1.54) is 0 Å². The summed E-state index contributed by atoms with van der Waals surface area (Å²) in [6, 6.07) is 4.11. The Hall–Kier alpha value is -1.37. The van der Waals surface area contributed by atoms with Crippen molar-refractivity contribution in [2.75, 3.05) is 5.73 Å². The Labute approximate surface area is 113 Å². The summed E-state index contributed by atoms with van der Waals surface area (Å²) in [7, 11) is 0. The van der Waals surface area contributed by atoms with Gasteiger partial charge in [0.1, 0.15) is 5.75 Å². The highest BCUT2D eigenvalue weighted by molar-refractivity contribution is 14.1. The molecule has 0 aliphatic heterocycles. The molecule has 0 fully saturated rings. The first-order valence-corrected chi connectivity index (χ1v) is 6.16. The molecule has 0 unspecified atom stereocenters. The first-order chi connectivity index (χ1) is 8.06. The van der Waals surface area contributed by atoms with E-state index in [1.807, 2.05) is 19.9 Å². The lowest BCUT2D eigenvalue weighted by Crippen LogP contribution is -1.96. The monoisotopic (exact) mass is 341 g/mol. The van der Waals surface area contributed by atoms with Crippen molar-refractivity contribution in [1.82, 2.24) is 9.97 Å². The molecule has 2 N–H and O–H groups in total. The van der Waals surface area contributed by atoms with Crippen molar-refractivity contribution < 1.29 is 4.74 Å². The second-order valence-corrected chi connectivity index (χ2v) is 5.01. The molecule has 17 heavy (non-hydrogen) atoms. The fourth-order valence-corrected chi connectivity index (χ4v) is 1.69. The molecule has 0 saturated heterocycles. The molecule has 2 aromatic rings. The number of rotatable bonds is 2. The Bertz CT molecular complexity index is 540. The molecule has 1 heterocycles. The molecule has 0 radical (unpaired) electrons. The molecule has 2 rings (SSSR count). The van der Waals surface area contributed by atoms with E-state index in [0.717, 1.165) is 14.7 Å². The minimum atomic E-state index is 0.330. The largest absolute Gasteiger partial charge is 0.424 e. The zero-order valence-electron chi connectivity index (χ0n) is 9.57. The number of hydrogen-bond acceptors (Lipinski definition) is 4. The lowest BCUT2D eigenvalue weighted by molar-refractivity contribution is 0.438. The van der Waals surface area contributed by atoms with Crippen molar-refractivity contribution in [3.8, 4) is 11.8 Å². The summed E-state index contributed by atoms with van der Waals surface area (Å²) in [5.74, 6) is 0.689. The molecule has 0 amide bonds. The Balaban J connectivity index is 2.30. The summed E-state index contributed by atoms with van der Waals surface area (Å²) < 4.78 is 6.56. The highest BCUT2D eigenvalue weighted by atomic mass is 127. The van der Waals surface area contributed by atoms with Gasteiger partial charge in [-0.15, -0.1) is 0 Å². The van der Waals surface area contributed by atoms with E-state index in [-0.39, 0.29) is 0 Å². The van der Waals surface area contributed by atoms with Gasteiger partial charge in [0.15, 0.2) is 0 Å². The number of halogens is 1. The Morgan fingerprint density at radius 3 is 2.41 bits per heavy atom. The highest BCUT2D eigenvalue weighted by Gasteiger charge is 2.06. The number of aryl methyl sites for hydroxylation is 2. The molecule has 4 nitrogen and oxygen atoms in total. The molecule has 1 aromatic heterocycles. The van der Waals surface area contributed by atoms with E-state index in [2.05, 4.69) is 32.6 Å². The van der Waals surface area contributed by atoms with Crippen molar-refractivity contribution in [2.24, 2.45) is 0 Å². The van der Waals surface area contributed by atoms with Gasteiger partial charge >= 0.3 is 6.01 Å². The van der Waals surface area contributed by atoms with Crippen molar-refractivity contribution in [3.63, 3.8) is 0 Å². The lowest BCUT2D eigenvalue weighted by atomic mass is 10.1. The topological polar surface area (TPSA) is 61.0 Å². The van der Waals surface area contributed by atoms with Crippen molar-refractivity contribution in [3.05, 3.63) is 39.2 Å². The summed E-state index contributed by atoms with van der Waals surface area (Å²) in [4.78, 5) is 8.17. The van der Waals surface area contributed by atoms with Gasteiger partial charge in [-0.25, -0.2) is 9.97 Å². The predicted octanol–water partition coefficient (Wildman–Crippen LogP) is 3.07. The third-order valence-electron chi connectivity index (χ3n) is 2.36. The smallest absolute Gasteiger partial charge is 0.321 e. The highest BCUT2D eigenvalue weighted by Crippen LogP contribution is 2.27. The molecule has 0 aliphatic rings. The van der Waals surface area contributed by atoms with Crippen molar-refractivity contribution in [1.29, 1.82) is 0 Å².